The number of Topliss-reactive ketones (excluding diaryl/α,β-unsaturated/α-hetero) is 1. The first-order chi connectivity index (χ1) is 10.1. The first kappa shape index (κ1) is 13.0. The van der Waals surface area contributed by atoms with Crippen molar-refractivity contribution in [2.75, 3.05) is 0 Å². The quantitative estimate of drug-likeness (QED) is 0.828. The Morgan fingerprint density at radius 2 is 1.71 bits per heavy atom. The zero-order valence-electron chi connectivity index (χ0n) is 11.2. The number of hydrogen-bond donors (Lipinski definition) is 2. The van der Waals surface area contributed by atoms with Crippen LogP contribution in [-0.4, -0.2) is 20.6 Å². The molecule has 0 saturated heterocycles. The van der Waals surface area contributed by atoms with Crippen LogP contribution in [0.15, 0.2) is 28.7 Å². The highest BCUT2D eigenvalue weighted by Crippen LogP contribution is 2.55. The zero-order valence-corrected chi connectivity index (χ0v) is 12.8. The van der Waals surface area contributed by atoms with Gasteiger partial charge < -0.3 is 10.2 Å². The Labute approximate surface area is 130 Å². The molecule has 1 aromatic carbocycles. The van der Waals surface area contributed by atoms with Crippen LogP contribution in [0.1, 0.15) is 42.2 Å². The van der Waals surface area contributed by atoms with E-state index in [1.165, 1.54) is 4.57 Å². The molecular weight excluding hydrogens is 334 g/mol. The van der Waals surface area contributed by atoms with E-state index >= 15 is 0 Å². The highest BCUT2D eigenvalue weighted by molar-refractivity contribution is 9.10. The van der Waals surface area contributed by atoms with Crippen LogP contribution >= 0.6 is 15.9 Å². The molecule has 3 aliphatic rings. The average molecular weight is 348 g/mol. The van der Waals surface area contributed by atoms with Crippen LogP contribution in [0.25, 0.3) is 5.69 Å². The molecule has 5 rings (SSSR count). The van der Waals surface area contributed by atoms with Crippen molar-refractivity contribution in [3.05, 3.63) is 39.9 Å². The van der Waals surface area contributed by atoms with E-state index in [2.05, 4.69) is 15.9 Å². The number of fused-ring (bicyclic) bond motifs is 2. The van der Waals surface area contributed by atoms with Gasteiger partial charge in [-0.25, -0.2) is 0 Å². The fourth-order valence-electron chi connectivity index (χ4n) is 3.73. The molecule has 0 radical (unpaired) electrons. The third kappa shape index (κ3) is 1.70. The van der Waals surface area contributed by atoms with E-state index in [0.717, 1.165) is 22.9 Å². The summed E-state index contributed by atoms with van der Waals surface area (Å²) in [5, 5.41) is 21.1. The monoisotopic (exact) mass is 347 g/mol. The number of ketones is 1. The molecule has 0 unspecified atom stereocenters. The summed E-state index contributed by atoms with van der Waals surface area (Å²) in [4.78, 5) is 12.1. The summed E-state index contributed by atoms with van der Waals surface area (Å²) in [6.07, 6.45) is 2.16. The maximum Gasteiger partial charge on any atom is 0.202 e. The Morgan fingerprint density at radius 3 is 2.38 bits per heavy atom. The van der Waals surface area contributed by atoms with Gasteiger partial charge in [0.2, 0.25) is 11.8 Å². The number of halogens is 1. The summed E-state index contributed by atoms with van der Waals surface area (Å²) in [5.41, 5.74) is 2.10. The van der Waals surface area contributed by atoms with Gasteiger partial charge >= 0.3 is 0 Å². The molecule has 2 bridgehead atoms. The topological polar surface area (TPSA) is 62.5 Å². The lowest BCUT2D eigenvalue weighted by atomic mass is 9.67. The minimum Gasteiger partial charge on any atom is -0.494 e. The first-order valence-electron chi connectivity index (χ1n) is 7.03. The molecule has 2 atom stereocenters. The minimum absolute atomic E-state index is 0.00701. The van der Waals surface area contributed by atoms with E-state index in [4.69, 9.17) is 0 Å². The third-order valence-corrected chi connectivity index (χ3v) is 5.21. The number of nitrogens with zero attached hydrogens (tertiary/aromatic N) is 1. The smallest absolute Gasteiger partial charge is 0.202 e. The van der Waals surface area contributed by atoms with E-state index in [1.807, 2.05) is 24.3 Å². The summed E-state index contributed by atoms with van der Waals surface area (Å²) in [7, 11) is 0. The lowest BCUT2D eigenvalue weighted by molar-refractivity contribution is -0.123. The lowest BCUT2D eigenvalue weighted by Gasteiger charge is -2.34. The molecule has 1 heterocycles. The normalized spacial score (nSPS) is 23.4. The lowest BCUT2D eigenvalue weighted by Crippen LogP contribution is -2.28. The van der Waals surface area contributed by atoms with E-state index in [1.54, 1.807) is 0 Å². The van der Waals surface area contributed by atoms with Crippen LogP contribution in [0.4, 0.5) is 0 Å². The Morgan fingerprint density at radius 1 is 1.05 bits per heavy atom. The average Bonchev–Trinajstić information content (AvgIpc) is 2.74. The molecule has 1 aromatic heterocycles. The fourth-order valence-corrected chi connectivity index (χ4v) is 3.99. The van der Waals surface area contributed by atoms with Gasteiger partial charge in [-0.1, -0.05) is 15.9 Å². The van der Waals surface area contributed by atoms with Gasteiger partial charge in [-0.3, -0.25) is 9.36 Å². The van der Waals surface area contributed by atoms with Crippen LogP contribution in [0.2, 0.25) is 0 Å². The number of benzene rings is 1. The van der Waals surface area contributed by atoms with E-state index < -0.39 is 0 Å². The van der Waals surface area contributed by atoms with E-state index in [-0.39, 0.29) is 29.4 Å². The molecule has 21 heavy (non-hydrogen) atoms. The fraction of sp³-hybridized carbons (Fsp3) is 0.312. The molecule has 2 aromatic rings. The number of aromatic hydroxyl groups is 2. The SMILES string of the molecule is O=C1C[C@@H]2CC[C@H]1c1c2c(O)n(-c2ccc(Br)cc2)c1O. The highest BCUT2D eigenvalue weighted by Gasteiger charge is 2.45. The maximum atomic E-state index is 12.1. The number of carbonyl (C=O) groups excluding carboxylic acids is 1. The number of carbonyl (C=O) groups is 1. The highest BCUT2D eigenvalue weighted by atomic mass is 79.9. The number of aromatic nitrogens is 1. The summed E-state index contributed by atoms with van der Waals surface area (Å²) >= 11 is 3.37. The number of rotatable bonds is 1. The van der Waals surface area contributed by atoms with Gasteiger partial charge in [0.15, 0.2) is 0 Å². The molecule has 1 saturated carbocycles. The van der Waals surface area contributed by atoms with Crippen molar-refractivity contribution >= 4 is 21.7 Å². The van der Waals surface area contributed by atoms with Gasteiger partial charge in [-0.15, -0.1) is 0 Å². The van der Waals surface area contributed by atoms with Crippen molar-refractivity contribution in [1.29, 1.82) is 0 Å². The predicted octanol–water partition coefficient (Wildman–Crippen LogP) is 3.58. The van der Waals surface area contributed by atoms with Crippen LogP contribution < -0.4 is 0 Å². The second kappa shape index (κ2) is 4.37. The van der Waals surface area contributed by atoms with Gasteiger partial charge in [0, 0.05) is 27.9 Å². The molecular formula is C16H14BrNO3. The molecule has 0 aliphatic heterocycles. The summed E-state index contributed by atoms with van der Waals surface area (Å²) in [6, 6.07) is 7.34. The summed E-state index contributed by atoms with van der Waals surface area (Å²) in [6.45, 7) is 0. The molecule has 3 aliphatic carbocycles. The molecule has 1 fully saturated rings. The van der Waals surface area contributed by atoms with Crippen LogP contribution in [0.5, 0.6) is 11.8 Å². The molecule has 0 spiro atoms. The summed E-state index contributed by atoms with van der Waals surface area (Å²) in [5.74, 6) is 0.0503. The van der Waals surface area contributed by atoms with Gasteiger partial charge in [-0.05, 0) is 43.0 Å². The van der Waals surface area contributed by atoms with E-state index in [0.29, 0.717) is 17.7 Å². The Kier molecular flexibility index (Phi) is 2.70. The molecule has 0 amide bonds. The third-order valence-electron chi connectivity index (χ3n) is 4.68. The molecule has 4 nitrogen and oxygen atoms in total. The Balaban J connectivity index is 1.96. The molecule has 2 N–H and O–H groups in total. The van der Waals surface area contributed by atoms with Crippen LogP contribution in [0.3, 0.4) is 0 Å². The second-order valence-corrected chi connectivity index (χ2v) is 6.70. The minimum atomic E-state index is -0.257. The largest absolute Gasteiger partial charge is 0.494 e. The van der Waals surface area contributed by atoms with E-state index in [9.17, 15) is 15.0 Å². The second-order valence-electron chi connectivity index (χ2n) is 5.78. The van der Waals surface area contributed by atoms with Gasteiger partial charge in [0.25, 0.3) is 0 Å². The van der Waals surface area contributed by atoms with Crippen LogP contribution in [0, 0.1) is 0 Å². The van der Waals surface area contributed by atoms with Crippen molar-refractivity contribution in [3.63, 3.8) is 0 Å². The van der Waals surface area contributed by atoms with Gasteiger partial charge in [0.1, 0.15) is 5.78 Å². The molecule has 108 valence electrons. The molecule has 5 heteroatoms. The summed E-state index contributed by atoms with van der Waals surface area (Å²) < 4.78 is 2.37. The van der Waals surface area contributed by atoms with Crippen molar-refractivity contribution < 1.29 is 15.0 Å². The van der Waals surface area contributed by atoms with Crippen LogP contribution in [-0.2, 0) is 4.79 Å². The predicted molar refractivity (Wildman–Crippen MR) is 81.1 cm³/mol. The zero-order chi connectivity index (χ0) is 14.7. The Hall–Kier alpha value is -1.75. The van der Waals surface area contributed by atoms with Crippen molar-refractivity contribution in [2.45, 2.75) is 31.1 Å². The number of hydrogen-bond acceptors (Lipinski definition) is 3. The maximum absolute atomic E-state index is 12.1. The van der Waals surface area contributed by atoms with Gasteiger partial charge in [-0.2, -0.15) is 0 Å². The Bertz CT molecular complexity index is 748. The van der Waals surface area contributed by atoms with Crippen molar-refractivity contribution in [3.8, 4) is 17.4 Å². The van der Waals surface area contributed by atoms with Crippen molar-refractivity contribution in [2.24, 2.45) is 0 Å². The standard InChI is InChI=1S/C16H14BrNO3/c17-9-2-4-10(5-3-9)18-15(20)13-8-1-6-11(12(19)7-8)14(13)16(18)21/h2-5,8,11,20-21H,1,6-7H2/t8-,11+/m0/s1. The van der Waals surface area contributed by atoms with Crippen molar-refractivity contribution in [1.82, 2.24) is 4.57 Å². The van der Waals surface area contributed by atoms with Gasteiger partial charge in [0.05, 0.1) is 5.69 Å². The first-order valence-corrected chi connectivity index (χ1v) is 7.82.